The van der Waals surface area contributed by atoms with Gasteiger partial charge in [0.15, 0.2) is 0 Å². The molecule has 0 radical (unpaired) electrons. The Morgan fingerprint density at radius 1 is 1.56 bits per heavy atom. The van der Waals surface area contributed by atoms with E-state index < -0.39 is 11.9 Å². The van der Waals surface area contributed by atoms with Crippen LogP contribution in [-0.4, -0.2) is 21.7 Å². The number of nitrogens with zero attached hydrogens (tertiary/aromatic N) is 1. The van der Waals surface area contributed by atoms with Crippen molar-refractivity contribution in [3.63, 3.8) is 0 Å². The van der Waals surface area contributed by atoms with Gasteiger partial charge in [-0.15, -0.1) is 0 Å². The van der Waals surface area contributed by atoms with Gasteiger partial charge in [0, 0.05) is 23.3 Å². The van der Waals surface area contributed by atoms with E-state index in [-0.39, 0.29) is 11.6 Å². The van der Waals surface area contributed by atoms with Gasteiger partial charge < -0.3 is 10.4 Å². The van der Waals surface area contributed by atoms with E-state index in [4.69, 9.17) is 0 Å². The van der Waals surface area contributed by atoms with E-state index in [0.717, 1.165) is 19.0 Å². The van der Waals surface area contributed by atoms with Crippen molar-refractivity contribution in [1.29, 1.82) is 0 Å². The number of aliphatic hydroxyl groups excluding tert-OH is 1. The third-order valence-electron chi connectivity index (χ3n) is 3.11. The zero-order valence-corrected chi connectivity index (χ0v) is 9.57. The first-order valence-electron chi connectivity index (χ1n) is 5.54. The number of pyridine rings is 1. The normalized spacial score (nSPS) is 25.6. The molecule has 1 aromatic heterocycles. The summed E-state index contributed by atoms with van der Waals surface area (Å²) in [5, 5.41) is 13.5. The van der Waals surface area contributed by atoms with E-state index in [1.54, 1.807) is 0 Å². The lowest BCUT2D eigenvalue weighted by molar-refractivity contribution is 0.131. The quantitative estimate of drug-likeness (QED) is 0.805. The van der Waals surface area contributed by atoms with E-state index in [0.29, 0.717) is 5.56 Å². The molecule has 2 N–H and O–H groups in total. The van der Waals surface area contributed by atoms with Gasteiger partial charge in [-0.2, -0.15) is 0 Å². The van der Waals surface area contributed by atoms with E-state index in [2.05, 4.69) is 24.1 Å². The van der Waals surface area contributed by atoms with Crippen LogP contribution in [0.2, 0.25) is 0 Å². The average molecular weight is 224 g/mol. The summed E-state index contributed by atoms with van der Waals surface area (Å²) in [5.74, 6) is -0.409. The molecule has 4 heteroatoms. The molecular formula is C12H17FN2O. The molecule has 0 aromatic carbocycles. The molecule has 3 nitrogen and oxygen atoms in total. The van der Waals surface area contributed by atoms with Crippen molar-refractivity contribution in [2.24, 2.45) is 0 Å². The maximum absolute atomic E-state index is 13.0. The zero-order valence-electron chi connectivity index (χ0n) is 9.57. The number of aromatic nitrogens is 1. The van der Waals surface area contributed by atoms with Crippen molar-refractivity contribution in [3.05, 3.63) is 29.8 Å². The van der Waals surface area contributed by atoms with Gasteiger partial charge in [0.25, 0.3) is 0 Å². The third kappa shape index (κ3) is 2.39. The Kier molecular flexibility index (Phi) is 2.95. The molecule has 2 heterocycles. The van der Waals surface area contributed by atoms with Crippen LogP contribution < -0.4 is 5.32 Å². The molecule has 88 valence electrons. The van der Waals surface area contributed by atoms with Crippen LogP contribution in [0, 0.1) is 5.82 Å². The van der Waals surface area contributed by atoms with E-state index in [1.165, 1.54) is 12.3 Å². The van der Waals surface area contributed by atoms with Gasteiger partial charge in [-0.25, -0.2) is 4.39 Å². The maximum Gasteiger partial charge on any atom is 0.141 e. The highest BCUT2D eigenvalue weighted by Gasteiger charge is 2.34. The van der Waals surface area contributed by atoms with Crippen molar-refractivity contribution < 1.29 is 9.50 Å². The second-order valence-electron chi connectivity index (χ2n) is 5.05. The van der Waals surface area contributed by atoms with Crippen LogP contribution in [0.15, 0.2) is 18.5 Å². The lowest BCUT2D eigenvalue weighted by Gasteiger charge is -2.23. The number of rotatable bonds is 2. The van der Waals surface area contributed by atoms with Gasteiger partial charge in [-0.3, -0.25) is 4.98 Å². The van der Waals surface area contributed by atoms with Crippen molar-refractivity contribution >= 4 is 0 Å². The number of hydrogen-bond donors (Lipinski definition) is 2. The lowest BCUT2D eigenvalue weighted by Crippen LogP contribution is -2.40. The molecule has 0 amide bonds. The molecule has 1 saturated heterocycles. The molecule has 0 spiro atoms. The number of halogens is 1. The number of nitrogens with one attached hydrogen (secondary N) is 1. The third-order valence-corrected chi connectivity index (χ3v) is 3.11. The van der Waals surface area contributed by atoms with E-state index in [1.807, 2.05) is 0 Å². The minimum absolute atomic E-state index is 0.0152. The Morgan fingerprint density at radius 3 is 2.88 bits per heavy atom. The zero-order chi connectivity index (χ0) is 11.8. The molecule has 1 aliphatic heterocycles. The summed E-state index contributed by atoms with van der Waals surface area (Å²) in [7, 11) is 0. The van der Waals surface area contributed by atoms with Gasteiger partial charge in [0.05, 0.1) is 12.3 Å². The fourth-order valence-electron chi connectivity index (χ4n) is 2.22. The van der Waals surface area contributed by atoms with Crippen molar-refractivity contribution in [2.45, 2.75) is 44.4 Å². The van der Waals surface area contributed by atoms with Crippen LogP contribution in [0.5, 0.6) is 0 Å². The van der Waals surface area contributed by atoms with Gasteiger partial charge >= 0.3 is 0 Å². The van der Waals surface area contributed by atoms with Crippen LogP contribution in [0.3, 0.4) is 0 Å². The summed E-state index contributed by atoms with van der Waals surface area (Å²) in [6.07, 6.45) is 3.87. The molecule has 1 aromatic rings. The minimum atomic E-state index is -0.690. The van der Waals surface area contributed by atoms with Gasteiger partial charge in [0.2, 0.25) is 0 Å². The smallest absolute Gasteiger partial charge is 0.141 e. The standard InChI is InChI=1S/C12H17FN2O/c1-12(2)4-3-10(15-12)11(16)8-5-9(13)7-14-6-8/h5-7,10-11,15-16H,3-4H2,1-2H3/t10-,11?/m1/s1. The van der Waals surface area contributed by atoms with Crippen molar-refractivity contribution in [1.82, 2.24) is 10.3 Å². The topological polar surface area (TPSA) is 45.2 Å². The molecule has 1 aliphatic rings. The van der Waals surface area contributed by atoms with Gasteiger partial charge in [0.1, 0.15) is 5.82 Å². The predicted octanol–water partition coefficient (Wildman–Crippen LogP) is 1.78. The Balaban J connectivity index is 2.11. The minimum Gasteiger partial charge on any atom is -0.387 e. The van der Waals surface area contributed by atoms with Crippen molar-refractivity contribution in [2.75, 3.05) is 0 Å². The van der Waals surface area contributed by atoms with Crippen LogP contribution >= 0.6 is 0 Å². The number of aliphatic hydroxyl groups is 1. The summed E-state index contributed by atoms with van der Waals surface area (Å²) in [6.45, 7) is 4.20. The highest BCUT2D eigenvalue weighted by Crippen LogP contribution is 2.30. The highest BCUT2D eigenvalue weighted by molar-refractivity contribution is 5.16. The Bertz CT molecular complexity index is 381. The van der Waals surface area contributed by atoms with Crippen LogP contribution in [0.4, 0.5) is 4.39 Å². The van der Waals surface area contributed by atoms with E-state index >= 15 is 0 Å². The summed E-state index contributed by atoms with van der Waals surface area (Å²) in [5.41, 5.74) is 0.585. The molecule has 0 saturated carbocycles. The highest BCUT2D eigenvalue weighted by atomic mass is 19.1. The summed E-state index contributed by atoms with van der Waals surface area (Å²) >= 11 is 0. The number of hydrogen-bond acceptors (Lipinski definition) is 3. The first-order chi connectivity index (χ1) is 7.48. The Labute approximate surface area is 94.7 Å². The van der Waals surface area contributed by atoms with Gasteiger partial charge in [-0.05, 0) is 32.8 Å². The molecule has 1 fully saturated rings. The summed E-state index contributed by atoms with van der Waals surface area (Å²) in [4.78, 5) is 3.75. The molecule has 16 heavy (non-hydrogen) atoms. The average Bonchev–Trinajstić information content (AvgIpc) is 2.58. The first kappa shape index (κ1) is 11.5. The predicted molar refractivity (Wildman–Crippen MR) is 59.4 cm³/mol. The van der Waals surface area contributed by atoms with Crippen molar-refractivity contribution in [3.8, 4) is 0 Å². The van der Waals surface area contributed by atoms with Crippen LogP contribution in [0.1, 0.15) is 38.4 Å². The molecule has 0 bridgehead atoms. The Morgan fingerprint density at radius 2 is 2.31 bits per heavy atom. The molecule has 1 unspecified atom stereocenters. The first-order valence-corrected chi connectivity index (χ1v) is 5.54. The van der Waals surface area contributed by atoms with Gasteiger partial charge in [-0.1, -0.05) is 0 Å². The lowest BCUT2D eigenvalue weighted by atomic mass is 10.0. The Hall–Kier alpha value is -1.00. The molecule has 2 rings (SSSR count). The summed E-state index contributed by atoms with van der Waals surface area (Å²) in [6, 6.07) is 1.32. The van der Waals surface area contributed by atoms with E-state index in [9.17, 15) is 9.50 Å². The molecular weight excluding hydrogens is 207 g/mol. The maximum atomic E-state index is 13.0. The summed E-state index contributed by atoms with van der Waals surface area (Å²) < 4.78 is 13.0. The SMILES string of the molecule is CC1(C)CC[C@H](C(O)c2cncc(F)c2)N1. The van der Waals surface area contributed by atoms with Crippen LogP contribution in [0.25, 0.3) is 0 Å². The largest absolute Gasteiger partial charge is 0.387 e. The molecule has 0 aliphatic carbocycles. The fraction of sp³-hybridized carbons (Fsp3) is 0.583. The second kappa shape index (κ2) is 4.11. The monoisotopic (exact) mass is 224 g/mol. The molecule has 2 atom stereocenters. The van der Waals surface area contributed by atoms with Crippen LogP contribution in [-0.2, 0) is 0 Å². The fourth-order valence-corrected chi connectivity index (χ4v) is 2.22. The second-order valence-corrected chi connectivity index (χ2v) is 5.05.